The maximum absolute atomic E-state index is 11.0. The molecule has 0 aliphatic carbocycles. The lowest BCUT2D eigenvalue weighted by molar-refractivity contribution is -0.153. The van der Waals surface area contributed by atoms with Crippen LogP contribution in [0.2, 0.25) is 0 Å². The fourth-order valence-electron chi connectivity index (χ4n) is 2.95. The molecule has 114 valence electrons. The molecule has 1 aromatic carbocycles. The first kappa shape index (κ1) is 15.8. The van der Waals surface area contributed by atoms with Crippen molar-refractivity contribution in [1.82, 2.24) is 0 Å². The van der Waals surface area contributed by atoms with Gasteiger partial charge >= 0.3 is 0 Å². The number of fused-ring (bicyclic) bond motifs is 1. The minimum Gasteiger partial charge on any atom is -0.493 e. The molecule has 2 unspecified atom stereocenters. The van der Waals surface area contributed by atoms with Gasteiger partial charge in [-0.2, -0.15) is 5.26 Å². The summed E-state index contributed by atoms with van der Waals surface area (Å²) in [6, 6.07) is 9.68. The normalized spacial score (nSPS) is 23.8. The van der Waals surface area contributed by atoms with Crippen LogP contribution in [0, 0.1) is 11.3 Å². The monoisotopic (exact) mass is 291 g/mol. The predicted molar refractivity (Wildman–Crippen MR) is 76.9 cm³/mol. The summed E-state index contributed by atoms with van der Waals surface area (Å²) in [5.41, 5.74) is -1.63. The molecule has 5 nitrogen and oxygen atoms in total. The van der Waals surface area contributed by atoms with Gasteiger partial charge in [-0.3, -0.25) is 0 Å². The molecule has 2 rings (SSSR count). The zero-order valence-corrected chi connectivity index (χ0v) is 12.6. The number of methoxy groups -OCH3 is 2. The molecule has 1 N–H and O–H groups in total. The average Bonchev–Trinajstić information content (AvgIpc) is 2.51. The van der Waals surface area contributed by atoms with Crippen LogP contribution in [0.1, 0.15) is 25.3 Å². The molecule has 21 heavy (non-hydrogen) atoms. The summed E-state index contributed by atoms with van der Waals surface area (Å²) < 4.78 is 16.0. The quantitative estimate of drug-likeness (QED) is 0.840. The molecule has 0 radical (unpaired) electrons. The van der Waals surface area contributed by atoms with Crippen molar-refractivity contribution in [3.8, 4) is 11.8 Å². The Balaban J connectivity index is 2.45. The number of hydrogen-bond donors (Lipinski definition) is 1. The molecule has 1 aliphatic heterocycles. The first-order valence-electron chi connectivity index (χ1n) is 6.92. The second-order valence-electron chi connectivity index (χ2n) is 5.49. The van der Waals surface area contributed by atoms with E-state index in [1.165, 1.54) is 14.2 Å². The molecule has 0 aromatic heterocycles. The van der Waals surface area contributed by atoms with Crippen LogP contribution in [0.5, 0.6) is 5.75 Å². The molecule has 0 fully saturated rings. The topological polar surface area (TPSA) is 71.7 Å². The van der Waals surface area contributed by atoms with Gasteiger partial charge in [0.05, 0.1) is 18.3 Å². The number of benzene rings is 1. The molecular formula is C16H21NO4. The molecule has 0 bridgehead atoms. The molecule has 1 heterocycles. The van der Waals surface area contributed by atoms with Gasteiger partial charge in [0.25, 0.3) is 0 Å². The van der Waals surface area contributed by atoms with E-state index in [-0.39, 0.29) is 6.42 Å². The summed E-state index contributed by atoms with van der Waals surface area (Å²) in [7, 11) is 3.03. The van der Waals surface area contributed by atoms with Crippen LogP contribution in [-0.4, -0.2) is 37.8 Å². The van der Waals surface area contributed by atoms with Crippen LogP contribution >= 0.6 is 0 Å². The number of aliphatic hydroxyl groups is 1. The van der Waals surface area contributed by atoms with E-state index < -0.39 is 17.3 Å². The van der Waals surface area contributed by atoms with Crippen LogP contribution in [0.3, 0.4) is 0 Å². The minimum atomic E-state index is -1.31. The van der Waals surface area contributed by atoms with E-state index >= 15 is 0 Å². The van der Waals surface area contributed by atoms with E-state index in [2.05, 4.69) is 6.07 Å². The summed E-state index contributed by atoms with van der Waals surface area (Å²) >= 11 is 0. The van der Waals surface area contributed by atoms with E-state index in [1.807, 2.05) is 24.3 Å². The number of hydrogen-bond acceptors (Lipinski definition) is 5. The third kappa shape index (κ3) is 2.62. The van der Waals surface area contributed by atoms with E-state index in [4.69, 9.17) is 14.2 Å². The molecule has 0 saturated heterocycles. The molecule has 0 spiro atoms. The smallest absolute Gasteiger partial charge is 0.159 e. The van der Waals surface area contributed by atoms with Crippen molar-refractivity contribution in [2.45, 2.75) is 37.1 Å². The molecule has 0 saturated carbocycles. The lowest BCUT2D eigenvalue weighted by Crippen LogP contribution is -2.53. The summed E-state index contributed by atoms with van der Waals surface area (Å²) in [6.45, 7) is 2.05. The van der Waals surface area contributed by atoms with E-state index in [9.17, 15) is 10.4 Å². The van der Waals surface area contributed by atoms with Gasteiger partial charge in [0, 0.05) is 32.6 Å². The fourth-order valence-corrected chi connectivity index (χ4v) is 2.95. The summed E-state index contributed by atoms with van der Waals surface area (Å²) in [5, 5.41) is 20.9. The van der Waals surface area contributed by atoms with E-state index in [0.717, 1.165) is 5.56 Å². The number of nitriles is 1. The second-order valence-corrected chi connectivity index (χ2v) is 5.49. The molecule has 2 atom stereocenters. The van der Waals surface area contributed by atoms with Crippen LogP contribution in [0.15, 0.2) is 24.3 Å². The van der Waals surface area contributed by atoms with Gasteiger partial charge in [0.2, 0.25) is 0 Å². The lowest BCUT2D eigenvalue weighted by atomic mass is 9.64. The third-order valence-corrected chi connectivity index (χ3v) is 4.28. The summed E-state index contributed by atoms with van der Waals surface area (Å²) in [6.07, 6.45) is 0.0514. The Kier molecular flexibility index (Phi) is 4.52. The van der Waals surface area contributed by atoms with Gasteiger partial charge in [-0.1, -0.05) is 18.2 Å². The maximum Gasteiger partial charge on any atom is 0.159 e. The van der Waals surface area contributed by atoms with Crippen LogP contribution in [0.4, 0.5) is 0 Å². The number of para-hydroxylation sites is 1. The van der Waals surface area contributed by atoms with Gasteiger partial charge in [-0.15, -0.1) is 0 Å². The first-order chi connectivity index (χ1) is 10.0. The van der Waals surface area contributed by atoms with Crippen molar-refractivity contribution in [3.63, 3.8) is 0 Å². The standard InChI is InChI=1S/C16H21NO4/c1-15(18,10-14(19-2)20-3)16(11-17)8-9-21-13-7-5-4-6-12(13)16/h4-7,14,18H,8-10H2,1-3H3. The lowest BCUT2D eigenvalue weighted by Gasteiger charge is -2.44. The van der Waals surface area contributed by atoms with Gasteiger partial charge < -0.3 is 19.3 Å². The molecular weight excluding hydrogens is 270 g/mol. The highest BCUT2D eigenvalue weighted by molar-refractivity contribution is 5.48. The molecule has 0 amide bonds. The Morgan fingerprint density at radius 3 is 2.71 bits per heavy atom. The van der Waals surface area contributed by atoms with Crippen molar-refractivity contribution in [1.29, 1.82) is 5.26 Å². The highest BCUT2D eigenvalue weighted by Crippen LogP contribution is 2.47. The zero-order valence-electron chi connectivity index (χ0n) is 12.6. The predicted octanol–water partition coefficient (Wildman–Crippen LogP) is 1.99. The maximum atomic E-state index is 11.0. The SMILES string of the molecule is COC(CC(C)(O)C1(C#N)CCOc2ccccc21)OC. The third-order valence-electron chi connectivity index (χ3n) is 4.28. The van der Waals surface area contributed by atoms with Crippen molar-refractivity contribution in [2.75, 3.05) is 20.8 Å². The largest absolute Gasteiger partial charge is 0.493 e. The minimum absolute atomic E-state index is 0.196. The Morgan fingerprint density at radius 2 is 2.10 bits per heavy atom. The highest BCUT2D eigenvalue weighted by atomic mass is 16.7. The van der Waals surface area contributed by atoms with Crippen molar-refractivity contribution in [3.05, 3.63) is 29.8 Å². The Morgan fingerprint density at radius 1 is 1.43 bits per heavy atom. The number of nitrogens with zero attached hydrogens (tertiary/aromatic N) is 1. The summed E-state index contributed by atoms with van der Waals surface area (Å²) in [4.78, 5) is 0. The van der Waals surface area contributed by atoms with Crippen LogP contribution in [0.25, 0.3) is 0 Å². The highest BCUT2D eigenvalue weighted by Gasteiger charge is 2.53. The van der Waals surface area contributed by atoms with Crippen molar-refractivity contribution in [2.24, 2.45) is 0 Å². The average molecular weight is 291 g/mol. The fraction of sp³-hybridized carbons (Fsp3) is 0.562. The number of ether oxygens (including phenoxy) is 3. The Bertz CT molecular complexity index is 533. The second kappa shape index (κ2) is 6.02. The molecule has 5 heteroatoms. The van der Waals surface area contributed by atoms with Crippen molar-refractivity contribution >= 4 is 0 Å². The zero-order chi connectivity index (χ0) is 15.5. The van der Waals surface area contributed by atoms with E-state index in [0.29, 0.717) is 18.8 Å². The van der Waals surface area contributed by atoms with Gasteiger partial charge in [-0.05, 0) is 13.0 Å². The molecule has 1 aromatic rings. The van der Waals surface area contributed by atoms with Crippen LogP contribution < -0.4 is 4.74 Å². The molecule has 1 aliphatic rings. The first-order valence-corrected chi connectivity index (χ1v) is 6.92. The van der Waals surface area contributed by atoms with Gasteiger partial charge in [0.1, 0.15) is 11.2 Å². The van der Waals surface area contributed by atoms with Crippen molar-refractivity contribution < 1.29 is 19.3 Å². The Hall–Kier alpha value is -1.61. The van der Waals surface area contributed by atoms with Crippen LogP contribution in [-0.2, 0) is 14.9 Å². The summed E-state index contributed by atoms with van der Waals surface area (Å²) in [5.74, 6) is 0.650. The Labute approximate surface area is 125 Å². The number of rotatable bonds is 5. The van der Waals surface area contributed by atoms with Gasteiger partial charge in [0.15, 0.2) is 6.29 Å². The van der Waals surface area contributed by atoms with E-state index in [1.54, 1.807) is 6.92 Å². The van der Waals surface area contributed by atoms with Gasteiger partial charge in [-0.25, -0.2) is 0 Å².